The second-order valence-corrected chi connectivity index (χ2v) is 8.78. The number of fused-ring (bicyclic) bond motifs is 1. The van der Waals surface area contributed by atoms with Crippen molar-refractivity contribution < 1.29 is 14.4 Å². The third-order valence-electron chi connectivity index (χ3n) is 5.37. The average Bonchev–Trinajstić information content (AvgIpc) is 3.12. The molecule has 3 amide bonds. The van der Waals surface area contributed by atoms with Gasteiger partial charge >= 0.3 is 11.8 Å². The summed E-state index contributed by atoms with van der Waals surface area (Å²) in [6.07, 6.45) is 4.33. The van der Waals surface area contributed by atoms with Crippen molar-refractivity contribution in [3.05, 3.63) is 47.8 Å². The number of rotatable bonds is 3. The molecule has 2 atom stereocenters. The number of pyridine rings is 1. The number of hydrogen-bond acceptors (Lipinski definition) is 7. The number of anilines is 2. The van der Waals surface area contributed by atoms with Gasteiger partial charge in [0.2, 0.25) is 5.91 Å². The summed E-state index contributed by atoms with van der Waals surface area (Å²) in [6.45, 7) is 2.52. The Morgan fingerprint density at radius 1 is 1.19 bits per heavy atom. The van der Waals surface area contributed by atoms with E-state index in [1.165, 1.54) is 29.8 Å². The molecule has 0 unspecified atom stereocenters. The summed E-state index contributed by atoms with van der Waals surface area (Å²) >= 11 is 1.41. The van der Waals surface area contributed by atoms with Gasteiger partial charge in [-0.25, -0.2) is 4.98 Å². The molecule has 0 radical (unpaired) electrons. The molecule has 9 nitrogen and oxygen atoms in total. The van der Waals surface area contributed by atoms with Crippen LogP contribution in [0.5, 0.6) is 0 Å². The van der Waals surface area contributed by atoms with Crippen LogP contribution in [0.4, 0.5) is 10.8 Å². The summed E-state index contributed by atoms with van der Waals surface area (Å²) in [5.74, 6) is -1.83. The smallest absolute Gasteiger partial charge is 0.313 e. The minimum Gasteiger partial charge on any atom is -0.375 e. The van der Waals surface area contributed by atoms with Gasteiger partial charge in [0.25, 0.3) is 0 Å². The molecule has 1 saturated heterocycles. The van der Waals surface area contributed by atoms with Crippen LogP contribution < -0.4 is 16.8 Å². The van der Waals surface area contributed by atoms with Gasteiger partial charge in [0, 0.05) is 12.7 Å². The molecule has 2 aromatic heterocycles. The van der Waals surface area contributed by atoms with E-state index in [0.717, 1.165) is 28.6 Å². The molecule has 1 aromatic carbocycles. The maximum Gasteiger partial charge on any atom is 0.313 e. The fourth-order valence-electron chi connectivity index (χ4n) is 3.85. The standard InChI is InChI=1S/C21H22N6O3S/c1-11-2-4-16(12-3-5-17-15(7-12)26-21(23)31-17)27(10-11)20(30)19(29)25-14-6-13(18(22)28)8-24-9-14/h3,5-9,11,16H,2,4,10H2,1H3,(H2,22,28)(H2,23,26)(H,25,29)/t11-,16+/m1/s1. The quantitative estimate of drug-likeness (QED) is 0.535. The highest BCUT2D eigenvalue weighted by Crippen LogP contribution is 2.35. The molecule has 3 heterocycles. The largest absolute Gasteiger partial charge is 0.375 e. The first-order chi connectivity index (χ1) is 14.8. The third kappa shape index (κ3) is 4.33. The summed E-state index contributed by atoms with van der Waals surface area (Å²) in [5, 5.41) is 3.02. The first-order valence-corrected chi connectivity index (χ1v) is 10.7. The van der Waals surface area contributed by atoms with Crippen molar-refractivity contribution in [3.63, 3.8) is 0 Å². The van der Waals surface area contributed by atoms with Gasteiger partial charge in [-0.15, -0.1) is 0 Å². The minimum atomic E-state index is -0.790. The van der Waals surface area contributed by atoms with Crippen LogP contribution in [0.15, 0.2) is 36.7 Å². The number of nitrogen functional groups attached to an aromatic ring is 1. The Bertz CT molecular complexity index is 1180. The van der Waals surface area contributed by atoms with E-state index in [9.17, 15) is 14.4 Å². The lowest BCUT2D eigenvalue weighted by Gasteiger charge is -2.38. The van der Waals surface area contributed by atoms with Gasteiger partial charge in [0.15, 0.2) is 5.13 Å². The molecule has 3 aromatic rings. The Hall–Kier alpha value is -3.53. The Morgan fingerprint density at radius 3 is 2.77 bits per heavy atom. The number of likely N-dealkylation sites (tertiary alicyclic amines) is 1. The number of nitrogens with two attached hydrogens (primary N) is 2. The highest BCUT2D eigenvalue weighted by Gasteiger charge is 2.34. The zero-order valence-corrected chi connectivity index (χ0v) is 17.7. The van der Waals surface area contributed by atoms with Crippen LogP contribution in [0.25, 0.3) is 10.2 Å². The number of amides is 3. The molecular weight excluding hydrogens is 416 g/mol. The number of thiazole rings is 1. The first-order valence-electron chi connectivity index (χ1n) is 9.84. The third-order valence-corrected chi connectivity index (χ3v) is 6.23. The molecule has 0 saturated carbocycles. The van der Waals surface area contributed by atoms with E-state index < -0.39 is 17.7 Å². The van der Waals surface area contributed by atoms with E-state index in [4.69, 9.17) is 11.5 Å². The number of nitrogens with zero attached hydrogens (tertiary/aromatic N) is 3. The maximum atomic E-state index is 13.1. The van der Waals surface area contributed by atoms with Crippen molar-refractivity contribution in [2.45, 2.75) is 25.8 Å². The number of carbonyl (C=O) groups is 3. The van der Waals surface area contributed by atoms with Crippen LogP contribution >= 0.6 is 11.3 Å². The Labute approximate surface area is 182 Å². The van der Waals surface area contributed by atoms with Gasteiger partial charge in [0.05, 0.1) is 33.7 Å². The SMILES string of the molecule is C[C@@H]1CC[C@@H](c2ccc3sc(N)nc3c2)N(C(=O)C(=O)Nc2cncc(C(N)=O)c2)C1. The number of aromatic nitrogens is 2. The van der Waals surface area contributed by atoms with E-state index in [0.29, 0.717) is 11.7 Å². The molecule has 0 aliphatic carbocycles. The predicted molar refractivity (Wildman–Crippen MR) is 118 cm³/mol. The highest BCUT2D eigenvalue weighted by atomic mass is 32.1. The van der Waals surface area contributed by atoms with Crippen LogP contribution in [0.1, 0.15) is 41.7 Å². The molecule has 31 heavy (non-hydrogen) atoms. The monoisotopic (exact) mass is 438 g/mol. The predicted octanol–water partition coefficient (Wildman–Crippen LogP) is 2.31. The highest BCUT2D eigenvalue weighted by molar-refractivity contribution is 7.22. The second kappa shape index (κ2) is 8.31. The lowest BCUT2D eigenvalue weighted by Crippen LogP contribution is -2.46. The fourth-order valence-corrected chi connectivity index (χ4v) is 4.57. The molecule has 1 aliphatic rings. The number of nitrogens with one attached hydrogen (secondary N) is 1. The average molecular weight is 439 g/mol. The van der Waals surface area contributed by atoms with Gasteiger partial charge in [-0.05, 0) is 42.5 Å². The van der Waals surface area contributed by atoms with Gasteiger partial charge in [0.1, 0.15) is 0 Å². The molecule has 1 aliphatic heterocycles. The van der Waals surface area contributed by atoms with Crippen LogP contribution in [0.3, 0.4) is 0 Å². The number of hydrogen-bond donors (Lipinski definition) is 3. The van der Waals surface area contributed by atoms with Gasteiger partial charge in [-0.3, -0.25) is 19.4 Å². The van der Waals surface area contributed by atoms with E-state index in [2.05, 4.69) is 22.2 Å². The lowest BCUT2D eigenvalue weighted by atomic mass is 9.89. The molecule has 5 N–H and O–H groups in total. The van der Waals surface area contributed by atoms with Crippen LogP contribution in [-0.2, 0) is 9.59 Å². The lowest BCUT2D eigenvalue weighted by molar-refractivity contribution is -0.146. The molecular formula is C21H22N6O3S. The van der Waals surface area contributed by atoms with Crippen molar-refractivity contribution >= 4 is 50.1 Å². The first kappa shape index (κ1) is 20.7. The van der Waals surface area contributed by atoms with Crippen LogP contribution in [0.2, 0.25) is 0 Å². The Balaban J connectivity index is 1.57. The van der Waals surface area contributed by atoms with E-state index in [1.54, 1.807) is 4.90 Å². The zero-order chi connectivity index (χ0) is 22.1. The second-order valence-electron chi connectivity index (χ2n) is 7.72. The van der Waals surface area contributed by atoms with Crippen molar-refractivity contribution in [1.82, 2.24) is 14.9 Å². The number of primary amides is 1. The molecule has 10 heteroatoms. The normalized spacial score (nSPS) is 18.7. The molecule has 0 bridgehead atoms. The van der Waals surface area contributed by atoms with Gasteiger partial charge < -0.3 is 21.7 Å². The van der Waals surface area contributed by atoms with Crippen molar-refractivity contribution in [2.24, 2.45) is 11.7 Å². The van der Waals surface area contributed by atoms with Crippen molar-refractivity contribution in [3.8, 4) is 0 Å². The summed E-state index contributed by atoms with van der Waals surface area (Å²) in [6, 6.07) is 6.98. The summed E-state index contributed by atoms with van der Waals surface area (Å²) in [5.41, 5.74) is 13.1. The van der Waals surface area contributed by atoms with Crippen LogP contribution in [0, 0.1) is 5.92 Å². The molecule has 1 fully saturated rings. The topological polar surface area (TPSA) is 144 Å². The fraction of sp³-hybridized carbons (Fsp3) is 0.286. The van der Waals surface area contributed by atoms with Gasteiger partial charge in [-0.2, -0.15) is 0 Å². The zero-order valence-electron chi connectivity index (χ0n) is 16.9. The van der Waals surface area contributed by atoms with Crippen molar-refractivity contribution in [2.75, 3.05) is 17.6 Å². The Morgan fingerprint density at radius 2 is 2.00 bits per heavy atom. The maximum absolute atomic E-state index is 13.1. The minimum absolute atomic E-state index is 0.144. The number of carbonyl (C=O) groups excluding carboxylic acids is 3. The summed E-state index contributed by atoms with van der Waals surface area (Å²) in [7, 11) is 0. The molecule has 0 spiro atoms. The van der Waals surface area contributed by atoms with Crippen molar-refractivity contribution in [1.29, 1.82) is 0 Å². The van der Waals surface area contributed by atoms with Gasteiger partial charge in [-0.1, -0.05) is 24.3 Å². The van der Waals surface area contributed by atoms with E-state index in [1.807, 2.05) is 18.2 Å². The molecule has 4 rings (SSSR count). The number of benzene rings is 1. The summed E-state index contributed by atoms with van der Waals surface area (Å²) in [4.78, 5) is 47.0. The molecule has 160 valence electrons. The number of piperidine rings is 1. The van der Waals surface area contributed by atoms with E-state index in [-0.39, 0.29) is 23.2 Å². The van der Waals surface area contributed by atoms with E-state index >= 15 is 0 Å². The Kier molecular flexibility index (Phi) is 5.55. The van der Waals surface area contributed by atoms with Crippen LogP contribution in [-0.4, -0.2) is 39.1 Å². The summed E-state index contributed by atoms with van der Waals surface area (Å²) < 4.78 is 0.975.